The molecule has 7 nitrogen and oxygen atoms in total. The zero-order valence-corrected chi connectivity index (χ0v) is 16.8. The Balaban J connectivity index is 1.88. The van der Waals surface area contributed by atoms with E-state index in [-0.39, 0.29) is 15.5 Å². The van der Waals surface area contributed by atoms with Gasteiger partial charge in [0.2, 0.25) is 15.8 Å². The SMILES string of the molecule is CN(C)S(=O)(=O)c1ccc(Cl)c(C(=O)Nc2ccc3c(c2)OC(C)(C)O3)c1. The van der Waals surface area contributed by atoms with Crippen molar-refractivity contribution < 1.29 is 22.7 Å². The number of anilines is 1. The molecule has 0 saturated carbocycles. The van der Waals surface area contributed by atoms with Crippen LogP contribution in [-0.4, -0.2) is 38.5 Å². The molecule has 0 bridgehead atoms. The summed E-state index contributed by atoms with van der Waals surface area (Å²) in [5.74, 6) is -0.222. The summed E-state index contributed by atoms with van der Waals surface area (Å²) in [6.45, 7) is 3.56. The summed E-state index contributed by atoms with van der Waals surface area (Å²) in [5.41, 5.74) is 0.523. The Morgan fingerprint density at radius 3 is 2.41 bits per heavy atom. The van der Waals surface area contributed by atoms with Gasteiger partial charge >= 0.3 is 0 Å². The fourth-order valence-electron chi connectivity index (χ4n) is 2.55. The van der Waals surface area contributed by atoms with Gasteiger partial charge in [-0.3, -0.25) is 4.79 Å². The Kier molecular flexibility index (Phi) is 4.83. The van der Waals surface area contributed by atoms with Crippen molar-refractivity contribution in [1.82, 2.24) is 4.31 Å². The lowest BCUT2D eigenvalue weighted by Gasteiger charge is -2.16. The average molecular weight is 411 g/mol. The smallest absolute Gasteiger partial charge is 0.257 e. The predicted octanol–water partition coefficient (Wildman–Crippen LogP) is 3.35. The highest BCUT2D eigenvalue weighted by Crippen LogP contribution is 2.40. The van der Waals surface area contributed by atoms with Crippen LogP contribution in [0.25, 0.3) is 0 Å². The molecule has 0 aromatic heterocycles. The number of hydrogen-bond acceptors (Lipinski definition) is 5. The first kappa shape index (κ1) is 19.5. The molecule has 3 rings (SSSR count). The van der Waals surface area contributed by atoms with Gasteiger partial charge < -0.3 is 14.8 Å². The van der Waals surface area contributed by atoms with E-state index in [1.54, 1.807) is 32.0 Å². The van der Waals surface area contributed by atoms with Gasteiger partial charge in [-0.25, -0.2) is 12.7 Å². The van der Waals surface area contributed by atoms with Crippen LogP contribution in [0, 0.1) is 0 Å². The summed E-state index contributed by atoms with van der Waals surface area (Å²) in [6, 6.07) is 8.98. The monoisotopic (exact) mass is 410 g/mol. The molecule has 0 unspecified atom stereocenters. The number of nitrogens with one attached hydrogen (secondary N) is 1. The number of benzene rings is 2. The number of amides is 1. The van der Waals surface area contributed by atoms with Crippen LogP contribution in [0.3, 0.4) is 0 Å². The molecule has 2 aromatic rings. The van der Waals surface area contributed by atoms with E-state index < -0.39 is 21.7 Å². The van der Waals surface area contributed by atoms with E-state index in [1.165, 1.54) is 32.3 Å². The van der Waals surface area contributed by atoms with Crippen molar-refractivity contribution in [3.05, 3.63) is 47.0 Å². The summed E-state index contributed by atoms with van der Waals surface area (Å²) in [5, 5.41) is 2.84. The number of fused-ring (bicyclic) bond motifs is 1. The number of nitrogens with zero attached hydrogens (tertiary/aromatic N) is 1. The first-order valence-electron chi connectivity index (χ1n) is 8.05. The van der Waals surface area contributed by atoms with E-state index in [0.29, 0.717) is 17.2 Å². The molecular formula is C18H19ClN2O5S. The average Bonchev–Trinajstić information content (AvgIpc) is 2.87. The van der Waals surface area contributed by atoms with Gasteiger partial charge in [-0.1, -0.05) is 11.6 Å². The topological polar surface area (TPSA) is 84.9 Å². The Morgan fingerprint density at radius 1 is 1.07 bits per heavy atom. The highest BCUT2D eigenvalue weighted by atomic mass is 35.5. The van der Waals surface area contributed by atoms with Crippen LogP contribution in [0.5, 0.6) is 11.5 Å². The van der Waals surface area contributed by atoms with Crippen LogP contribution in [0.2, 0.25) is 5.02 Å². The van der Waals surface area contributed by atoms with Gasteiger partial charge in [0.25, 0.3) is 5.91 Å². The van der Waals surface area contributed by atoms with Crippen LogP contribution in [-0.2, 0) is 10.0 Å². The minimum Gasteiger partial charge on any atom is -0.449 e. The predicted molar refractivity (Wildman–Crippen MR) is 102 cm³/mol. The number of hydrogen-bond donors (Lipinski definition) is 1. The molecule has 1 aliphatic heterocycles. The lowest BCUT2D eigenvalue weighted by molar-refractivity contribution is -0.0431. The maximum atomic E-state index is 12.6. The maximum absolute atomic E-state index is 12.6. The molecule has 1 amide bonds. The Labute approximate surface area is 162 Å². The van der Waals surface area contributed by atoms with Crippen LogP contribution < -0.4 is 14.8 Å². The molecule has 0 radical (unpaired) electrons. The van der Waals surface area contributed by atoms with Crippen LogP contribution >= 0.6 is 11.6 Å². The quantitative estimate of drug-likeness (QED) is 0.835. The normalized spacial score (nSPS) is 15.0. The highest BCUT2D eigenvalue weighted by molar-refractivity contribution is 7.89. The van der Waals surface area contributed by atoms with Crippen molar-refractivity contribution >= 4 is 33.2 Å². The van der Waals surface area contributed by atoms with E-state index in [1.807, 2.05) is 0 Å². The first-order chi connectivity index (χ1) is 12.5. The highest BCUT2D eigenvalue weighted by Gasteiger charge is 2.31. The van der Waals surface area contributed by atoms with Crippen molar-refractivity contribution in [3.63, 3.8) is 0 Å². The summed E-state index contributed by atoms with van der Waals surface area (Å²) in [4.78, 5) is 12.6. The molecule has 9 heteroatoms. The van der Waals surface area contributed by atoms with Crippen molar-refractivity contribution in [2.45, 2.75) is 24.5 Å². The molecule has 1 aliphatic rings. The summed E-state index contributed by atoms with van der Waals surface area (Å²) in [6.07, 6.45) is 0. The zero-order chi connectivity index (χ0) is 20.0. The van der Waals surface area contributed by atoms with Gasteiger partial charge in [-0.2, -0.15) is 0 Å². The van der Waals surface area contributed by atoms with E-state index in [0.717, 1.165) is 4.31 Å². The number of halogens is 1. The van der Waals surface area contributed by atoms with Crippen LogP contribution in [0.15, 0.2) is 41.3 Å². The molecule has 0 spiro atoms. The molecule has 0 aliphatic carbocycles. The van der Waals surface area contributed by atoms with Crippen molar-refractivity contribution in [2.24, 2.45) is 0 Å². The van der Waals surface area contributed by atoms with Crippen molar-refractivity contribution in [1.29, 1.82) is 0 Å². The number of rotatable bonds is 4. The second-order valence-corrected chi connectivity index (χ2v) is 9.21. The Bertz CT molecular complexity index is 1020. The van der Waals surface area contributed by atoms with Crippen molar-refractivity contribution in [2.75, 3.05) is 19.4 Å². The summed E-state index contributed by atoms with van der Waals surface area (Å²) >= 11 is 6.10. The van der Waals surface area contributed by atoms with E-state index in [9.17, 15) is 13.2 Å². The van der Waals surface area contributed by atoms with E-state index in [4.69, 9.17) is 21.1 Å². The first-order valence-corrected chi connectivity index (χ1v) is 9.87. The Hall–Kier alpha value is -2.29. The molecule has 0 fully saturated rings. The third kappa shape index (κ3) is 3.87. The summed E-state index contributed by atoms with van der Waals surface area (Å²) in [7, 11) is -0.856. The van der Waals surface area contributed by atoms with E-state index >= 15 is 0 Å². The molecule has 144 valence electrons. The Morgan fingerprint density at radius 2 is 1.74 bits per heavy atom. The minimum absolute atomic E-state index is 0.0190. The number of ether oxygens (including phenoxy) is 2. The van der Waals surface area contributed by atoms with Gasteiger partial charge in [0.05, 0.1) is 15.5 Å². The number of carbonyl (C=O) groups excluding carboxylic acids is 1. The molecule has 0 atom stereocenters. The largest absolute Gasteiger partial charge is 0.449 e. The molecule has 2 aromatic carbocycles. The van der Waals surface area contributed by atoms with Gasteiger partial charge in [0, 0.05) is 39.7 Å². The maximum Gasteiger partial charge on any atom is 0.257 e. The third-order valence-corrected chi connectivity index (χ3v) is 6.01. The molecule has 1 heterocycles. The fraction of sp³-hybridized carbons (Fsp3) is 0.278. The van der Waals surface area contributed by atoms with Crippen LogP contribution in [0.4, 0.5) is 5.69 Å². The number of carbonyl (C=O) groups is 1. The summed E-state index contributed by atoms with van der Waals surface area (Å²) < 4.78 is 36.9. The fourth-order valence-corrected chi connectivity index (χ4v) is 3.68. The standard InChI is InChI=1S/C18H19ClN2O5S/c1-18(2)25-15-8-5-11(9-16(15)26-18)20-17(22)13-10-12(6-7-14(13)19)27(23,24)21(3)4/h5-10H,1-4H3,(H,20,22). The van der Waals surface area contributed by atoms with Gasteiger partial charge in [0.15, 0.2) is 11.5 Å². The third-order valence-electron chi connectivity index (χ3n) is 3.87. The molecule has 1 N–H and O–H groups in total. The molecule has 0 saturated heterocycles. The molecular weight excluding hydrogens is 392 g/mol. The zero-order valence-electron chi connectivity index (χ0n) is 15.2. The van der Waals surface area contributed by atoms with Crippen molar-refractivity contribution in [3.8, 4) is 11.5 Å². The van der Waals surface area contributed by atoms with E-state index in [2.05, 4.69) is 5.32 Å². The van der Waals surface area contributed by atoms with Gasteiger partial charge in [0.1, 0.15) is 0 Å². The van der Waals surface area contributed by atoms with Crippen LogP contribution in [0.1, 0.15) is 24.2 Å². The lowest BCUT2D eigenvalue weighted by atomic mass is 10.2. The van der Waals surface area contributed by atoms with Gasteiger partial charge in [-0.05, 0) is 30.3 Å². The lowest BCUT2D eigenvalue weighted by Crippen LogP contribution is -2.29. The molecule has 27 heavy (non-hydrogen) atoms. The number of sulfonamides is 1. The second-order valence-electron chi connectivity index (χ2n) is 6.65. The minimum atomic E-state index is -3.69. The second kappa shape index (κ2) is 6.70. The van der Waals surface area contributed by atoms with Gasteiger partial charge in [-0.15, -0.1) is 0 Å².